The maximum atomic E-state index is 12.8. The van der Waals surface area contributed by atoms with Gasteiger partial charge in [0.05, 0.1) is 17.3 Å². The second kappa shape index (κ2) is 11.1. The Morgan fingerprint density at radius 3 is 2.39 bits per heavy atom. The second-order valence-electron chi connectivity index (χ2n) is 7.03. The fourth-order valence-electron chi connectivity index (χ4n) is 3.02. The Labute approximate surface area is 195 Å². The number of hydrogen-bond donors (Lipinski definition) is 2. The maximum absolute atomic E-state index is 12.8. The van der Waals surface area contributed by atoms with E-state index in [4.69, 9.17) is 4.74 Å². The van der Waals surface area contributed by atoms with Gasteiger partial charge in [0.2, 0.25) is 5.91 Å². The summed E-state index contributed by atoms with van der Waals surface area (Å²) in [6.45, 7) is 1.93. The van der Waals surface area contributed by atoms with Gasteiger partial charge in [0, 0.05) is 40.0 Å². The Kier molecular flexibility index (Phi) is 8.04. The third-order valence-electron chi connectivity index (χ3n) is 4.69. The molecule has 0 saturated heterocycles. The first-order valence-corrected chi connectivity index (χ1v) is 11.0. The topological polar surface area (TPSA) is 111 Å². The minimum Gasteiger partial charge on any atom is -0.497 e. The Balaban J connectivity index is 1.67. The van der Waals surface area contributed by atoms with Crippen molar-refractivity contribution in [2.45, 2.75) is 23.5 Å². The van der Waals surface area contributed by atoms with E-state index in [9.17, 15) is 19.7 Å². The van der Waals surface area contributed by atoms with E-state index in [-0.39, 0.29) is 22.4 Å². The zero-order chi connectivity index (χ0) is 23.8. The SMILES string of the molecule is CCC(Sc1cccc(NC(=O)c2cccc([N+](=O)[O-])c2)c1)C(=O)Nc1cccc(OC)c1. The molecule has 3 rings (SSSR count). The molecule has 0 fully saturated rings. The third kappa shape index (κ3) is 6.56. The molecule has 3 aromatic carbocycles. The van der Waals surface area contributed by atoms with Crippen molar-refractivity contribution in [2.75, 3.05) is 17.7 Å². The number of methoxy groups -OCH3 is 1. The van der Waals surface area contributed by atoms with Gasteiger partial charge in [0.25, 0.3) is 11.6 Å². The summed E-state index contributed by atoms with van der Waals surface area (Å²) in [6.07, 6.45) is 0.602. The van der Waals surface area contributed by atoms with Crippen molar-refractivity contribution in [3.05, 3.63) is 88.5 Å². The first-order valence-electron chi connectivity index (χ1n) is 10.2. The second-order valence-corrected chi connectivity index (χ2v) is 8.30. The zero-order valence-corrected chi connectivity index (χ0v) is 18.9. The number of hydrogen-bond acceptors (Lipinski definition) is 6. The van der Waals surface area contributed by atoms with Crippen LogP contribution in [-0.4, -0.2) is 29.1 Å². The minimum atomic E-state index is -0.546. The van der Waals surface area contributed by atoms with Crippen LogP contribution in [0.25, 0.3) is 0 Å². The Hall–Kier alpha value is -3.85. The van der Waals surface area contributed by atoms with Gasteiger partial charge in [0.15, 0.2) is 0 Å². The Morgan fingerprint density at radius 2 is 1.70 bits per heavy atom. The molecule has 0 heterocycles. The molecule has 0 aliphatic heterocycles. The zero-order valence-electron chi connectivity index (χ0n) is 18.1. The van der Waals surface area contributed by atoms with E-state index in [0.29, 0.717) is 23.5 Å². The standard InChI is InChI=1S/C24H23N3O5S/c1-3-22(24(29)26-17-8-5-11-20(14-17)32-2)33-21-12-6-9-18(15-21)25-23(28)16-7-4-10-19(13-16)27(30)31/h4-15,22H,3H2,1-2H3,(H,25,28)(H,26,29). The van der Waals surface area contributed by atoms with Crippen LogP contribution in [0, 0.1) is 10.1 Å². The van der Waals surface area contributed by atoms with Crippen LogP contribution in [0.2, 0.25) is 0 Å². The van der Waals surface area contributed by atoms with Gasteiger partial charge in [-0.15, -0.1) is 11.8 Å². The summed E-state index contributed by atoms with van der Waals surface area (Å²) in [6, 6.07) is 19.8. The van der Waals surface area contributed by atoms with Crippen molar-refractivity contribution in [3.8, 4) is 5.75 Å². The normalized spacial score (nSPS) is 11.3. The highest BCUT2D eigenvalue weighted by Gasteiger charge is 2.19. The number of rotatable bonds is 9. The van der Waals surface area contributed by atoms with Gasteiger partial charge in [-0.25, -0.2) is 0 Å². The van der Waals surface area contributed by atoms with Gasteiger partial charge in [-0.1, -0.05) is 25.1 Å². The monoisotopic (exact) mass is 465 g/mol. The molecule has 170 valence electrons. The van der Waals surface area contributed by atoms with Gasteiger partial charge in [0.1, 0.15) is 5.75 Å². The summed E-state index contributed by atoms with van der Waals surface area (Å²) in [5, 5.41) is 16.3. The van der Waals surface area contributed by atoms with Gasteiger partial charge in [-0.2, -0.15) is 0 Å². The molecule has 0 aliphatic carbocycles. The number of amides is 2. The van der Waals surface area contributed by atoms with E-state index >= 15 is 0 Å². The number of nitro groups is 1. The number of carbonyl (C=O) groups is 2. The molecule has 2 N–H and O–H groups in total. The van der Waals surface area contributed by atoms with E-state index in [0.717, 1.165) is 4.90 Å². The van der Waals surface area contributed by atoms with Crippen molar-refractivity contribution < 1.29 is 19.2 Å². The minimum absolute atomic E-state index is 0.137. The number of benzene rings is 3. The highest BCUT2D eigenvalue weighted by molar-refractivity contribution is 8.00. The number of nitrogens with one attached hydrogen (secondary N) is 2. The lowest BCUT2D eigenvalue weighted by atomic mass is 10.2. The smallest absolute Gasteiger partial charge is 0.270 e. The lowest BCUT2D eigenvalue weighted by molar-refractivity contribution is -0.384. The third-order valence-corrected chi connectivity index (χ3v) is 6.05. The summed E-state index contributed by atoms with van der Waals surface area (Å²) in [5.74, 6) is 0.0612. The molecule has 0 saturated carbocycles. The van der Waals surface area contributed by atoms with Crippen LogP contribution >= 0.6 is 11.8 Å². The summed E-state index contributed by atoms with van der Waals surface area (Å²) in [5.41, 5.74) is 1.21. The highest BCUT2D eigenvalue weighted by Crippen LogP contribution is 2.29. The number of ether oxygens (including phenoxy) is 1. The average Bonchev–Trinajstić information content (AvgIpc) is 2.82. The van der Waals surface area contributed by atoms with Crippen molar-refractivity contribution in [1.29, 1.82) is 0 Å². The van der Waals surface area contributed by atoms with Gasteiger partial charge >= 0.3 is 0 Å². The first kappa shape index (κ1) is 23.8. The number of nitro benzene ring substituents is 1. The summed E-state index contributed by atoms with van der Waals surface area (Å²) in [7, 11) is 1.57. The lowest BCUT2D eigenvalue weighted by Crippen LogP contribution is -2.24. The molecule has 9 heteroatoms. The van der Waals surface area contributed by atoms with Crippen molar-refractivity contribution >= 4 is 40.6 Å². The molecule has 0 bridgehead atoms. The number of nitrogens with zero attached hydrogens (tertiary/aromatic N) is 1. The molecular formula is C24H23N3O5S. The van der Waals surface area contributed by atoms with E-state index in [1.54, 1.807) is 49.6 Å². The summed E-state index contributed by atoms with van der Waals surface area (Å²) in [4.78, 5) is 36.5. The van der Waals surface area contributed by atoms with Crippen molar-refractivity contribution in [2.24, 2.45) is 0 Å². The maximum Gasteiger partial charge on any atom is 0.270 e. The molecule has 1 unspecified atom stereocenters. The van der Waals surface area contributed by atoms with E-state index in [1.807, 2.05) is 13.0 Å². The summed E-state index contributed by atoms with van der Waals surface area (Å²) < 4.78 is 5.19. The van der Waals surface area contributed by atoms with Crippen LogP contribution in [0.4, 0.5) is 17.1 Å². The van der Waals surface area contributed by atoms with E-state index in [1.165, 1.54) is 36.0 Å². The Morgan fingerprint density at radius 1 is 1.00 bits per heavy atom. The fraction of sp³-hybridized carbons (Fsp3) is 0.167. The van der Waals surface area contributed by atoms with E-state index < -0.39 is 10.8 Å². The fourth-order valence-corrected chi connectivity index (χ4v) is 4.03. The van der Waals surface area contributed by atoms with Crippen molar-refractivity contribution in [1.82, 2.24) is 0 Å². The van der Waals surface area contributed by atoms with Crippen LogP contribution in [-0.2, 0) is 4.79 Å². The number of non-ortho nitro benzene ring substituents is 1. The van der Waals surface area contributed by atoms with E-state index in [2.05, 4.69) is 10.6 Å². The Bertz CT molecular complexity index is 1170. The van der Waals surface area contributed by atoms with Gasteiger partial charge in [-0.05, 0) is 42.8 Å². The van der Waals surface area contributed by atoms with Crippen molar-refractivity contribution in [3.63, 3.8) is 0 Å². The molecule has 8 nitrogen and oxygen atoms in total. The predicted octanol–water partition coefficient (Wildman–Crippen LogP) is 5.37. The van der Waals surface area contributed by atoms with Crippen LogP contribution in [0.1, 0.15) is 23.7 Å². The number of anilines is 2. The molecule has 3 aromatic rings. The molecule has 33 heavy (non-hydrogen) atoms. The quantitative estimate of drug-likeness (QED) is 0.250. The number of carbonyl (C=O) groups excluding carboxylic acids is 2. The van der Waals surface area contributed by atoms with Gasteiger partial charge in [-0.3, -0.25) is 19.7 Å². The van der Waals surface area contributed by atoms with Crippen LogP contribution in [0.15, 0.2) is 77.7 Å². The van der Waals surface area contributed by atoms with Gasteiger partial charge < -0.3 is 15.4 Å². The largest absolute Gasteiger partial charge is 0.497 e. The van der Waals surface area contributed by atoms with Crippen LogP contribution in [0.5, 0.6) is 5.75 Å². The lowest BCUT2D eigenvalue weighted by Gasteiger charge is -2.16. The molecular weight excluding hydrogens is 442 g/mol. The van der Waals surface area contributed by atoms with Crippen LogP contribution in [0.3, 0.4) is 0 Å². The molecule has 0 radical (unpaired) electrons. The molecule has 2 amide bonds. The van der Waals surface area contributed by atoms with Crippen LogP contribution < -0.4 is 15.4 Å². The predicted molar refractivity (Wildman–Crippen MR) is 129 cm³/mol. The molecule has 1 atom stereocenters. The molecule has 0 aromatic heterocycles. The number of thioether (sulfide) groups is 1. The molecule has 0 spiro atoms. The highest BCUT2D eigenvalue weighted by atomic mass is 32.2. The average molecular weight is 466 g/mol. The first-order chi connectivity index (χ1) is 15.9. The molecule has 0 aliphatic rings. The summed E-state index contributed by atoms with van der Waals surface area (Å²) >= 11 is 1.39.